The molecule has 1 fully saturated rings. The molecule has 190 valence electrons. The molecular formula is C23H35N3O7S. The van der Waals surface area contributed by atoms with E-state index in [4.69, 9.17) is 14.3 Å². The van der Waals surface area contributed by atoms with Gasteiger partial charge in [-0.1, -0.05) is 32.9 Å². The first-order chi connectivity index (χ1) is 15.6. The van der Waals surface area contributed by atoms with E-state index in [2.05, 4.69) is 29.3 Å². The number of aliphatic carboxylic acids is 1. The number of ether oxygens (including phenoxy) is 2. The summed E-state index contributed by atoms with van der Waals surface area (Å²) in [4.78, 5) is 46.6. The minimum Gasteiger partial charge on any atom is -0.476 e. The van der Waals surface area contributed by atoms with Gasteiger partial charge in [-0.2, -0.15) is 0 Å². The highest BCUT2D eigenvalue weighted by Gasteiger charge is 2.48. The van der Waals surface area contributed by atoms with E-state index in [0.717, 1.165) is 11.3 Å². The predicted molar refractivity (Wildman–Crippen MR) is 128 cm³/mol. The number of amides is 1. The quantitative estimate of drug-likeness (QED) is 0.296. The maximum Gasteiger partial charge on any atom is 0.413 e. The third-order valence-electron chi connectivity index (χ3n) is 5.20. The molecule has 34 heavy (non-hydrogen) atoms. The first kappa shape index (κ1) is 27.6. The molecule has 0 radical (unpaired) electrons. The van der Waals surface area contributed by atoms with Gasteiger partial charge < -0.3 is 19.4 Å². The number of hydrogen-bond acceptors (Lipinski definition) is 9. The van der Waals surface area contributed by atoms with Gasteiger partial charge in [0, 0.05) is 18.2 Å². The fourth-order valence-corrected chi connectivity index (χ4v) is 3.88. The average molecular weight is 498 g/mol. The second-order valence-corrected chi connectivity index (χ2v) is 11.5. The van der Waals surface area contributed by atoms with Gasteiger partial charge in [0.15, 0.2) is 5.13 Å². The first-order valence-corrected chi connectivity index (χ1v) is 12.1. The SMILES string of the molecule is CC(C)COC(=O)C1(O/N=C(\C(=O)O)c2csc(NC(=O)OC(C)(C)C)n2)CCC(C)(C)CC1. The van der Waals surface area contributed by atoms with Crippen LogP contribution in [0, 0.1) is 11.3 Å². The Morgan fingerprint density at radius 2 is 1.82 bits per heavy atom. The molecule has 1 saturated carbocycles. The summed E-state index contributed by atoms with van der Waals surface area (Å²) in [7, 11) is 0. The minimum absolute atomic E-state index is 0.00889. The number of thiazole rings is 1. The van der Waals surface area contributed by atoms with Crippen molar-refractivity contribution in [3.8, 4) is 0 Å². The molecule has 1 aromatic rings. The summed E-state index contributed by atoms with van der Waals surface area (Å²) < 4.78 is 10.6. The number of anilines is 1. The fourth-order valence-electron chi connectivity index (χ4n) is 3.20. The number of rotatable bonds is 8. The van der Waals surface area contributed by atoms with Crippen LogP contribution in [0.15, 0.2) is 10.5 Å². The third-order valence-corrected chi connectivity index (χ3v) is 5.96. The zero-order valence-corrected chi connectivity index (χ0v) is 21.7. The van der Waals surface area contributed by atoms with E-state index in [0.29, 0.717) is 25.7 Å². The summed E-state index contributed by atoms with van der Waals surface area (Å²) >= 11 is 1.01. The Balaban J connectivity index is 2.24. The molecule has 0 aromatic carbocycles. The van der Waals surface area contributed by atoms with Crippen molar-refractivity contribution >= 4 is 40.2 Å². The molecule has 11 heteroatoms. The molecule has 0 bridgehead atoms. The van der Waals surface area contributed by atoms with Crippen molar-refractivity contribution in [1.29, 1.82) is 0 Å². The number of carbonyl (C=O) groups excluding carboxylic acids is 2. The Kier molecular flexibility index (Phi) is 8.68. The monoisotopic (exact) mass is 497 g/mol. The van der Waals surface area contributed by atoms with Crippen molar-refractivity contribution in [3.05, 3.63) is 11.1 Å². The molecule has 0 spiro atoms. The van der Waals surface area contributed by atoms with Gasteiger partial charge in [0.1, 0.15) is 11.3 Å². The molecule has 0 unspecified atom stereocenters. The molecule has 0 aliphatic heterocycles. The second-order valence-electron chi connectivity index (χ2n) is 10.7. The average Bonchev–Trinajstić information content (AvgIpc) is 3.13. The van der Waals surface area contributed by atoms with Gasteiger partial charge in [0.05, 0.1) is 6.61 Å². The van der Waals surface area contributed by atoms with Gasteiger partial charge in [-0.3, -0.25) is 5.32 Å². The normalized spacial score (nSPS) is 17.7. The van der Waals surface area contributed by atoms with Crippen LogP contribution in [-0.2, 0) is 23.9 Å². The summed E-state index contributed by atoms with van der Waals surface area (Å²) in [5.41, 5.74) is -2.51. The van der Waals surface area contributed by atoms with Crippen molar-refractivity contribution in [3.63, 3.8) is 0 Å². The number of hydrogen-bond donors (Lipinski definition) is 2. The zero-order chi connectivity index (χ0) is 25.7. The Bertz CT molecular complexity index is 921. The Labute approximate surface area is 204 Å². The summed E-state index contributed by atoms with van der Waals surface area (Å²) in [5, 5.41) is 17.6. The van der Waals surface area contributed by atoms with Crippen LogP contribution >= 0.6 is 11.3 Å². The van der Waals surface area contributed by atoms with Gasteiger partial charge in [-0.15, -0.1) is 11.3 Å². The van der Waals surface area contributed by atoms with Crippen LogP contribution in [-0.4, -0.2) is 51.6 Å². The predicted octanol–water partition coefficient (Wildman–Crippen LogP) is 4.83. The molecule has 0 saturated heterocycles. The maximum absolute atomic E-state index is 13.0. The van der Waals surface area contributed by atoms with Crippen LogP contribution in [0.3, 0.4) is 0 Å². The standard InChI is InChI=1S/C23H35N3O7S/c1-14(2)12-31-18(29)23(10-8-22(6,7)9-11-23)33-26-16(17(27)28)15-13-34-19(24-15)25-20(30)32-21(3,4)5/h13-14H,8-12H2,1-7H3,(H,27,28)(H,24,25,30)/b26-16-. The molecule has 1 aromatic heterocycles. The maximum atomic E-state index is 13.0. The number of oxime groups is 1. The smallest absolute Gasteiger partial charge is 0.413 e. The van der Waals surface area contributed by atoms with E-state index < -0.39 is 34.9 Å². The van der Waals surface area contributed by atoms with E-state index in [1.807, 2.05) is 13.8 Å². The van der Waals surface area contributed by atoms with Gasteiger partial charge in [-0.25, -0.2) is 19.4 Å². The Hall–Kier alpha value is -2.69. The zero-order valence-electron chi connectivity index (χ0n) is 20.9. The number of esters is 1. The fraction of sp³-hybridized carbons (Fsp3) is 0.696. The lowest BCUT2D eigenvalue weighted by Gasteiger charge is -2.39. The summed E-state index contributed by atoms with van der Waals surface area (Å²) in [6.07, 6.45) is 1.39. The van der Waals surface area contributed by atoms with Crippen LogP contribution in [0.2, 0.25) is 0 Å². The van der Waals surface area contributed by atoms with Gasteiger partial charge >= 0.3 is 18.0 Å². The van der Waals surface area contributed by atoms with Crippen molar-refractivity contribution in [2.75, 3.05) is 11.9 Å². The third kappa shape index (κ3) is 7.96. The highest BCUT2D eigenvalue weighted by atomic mass is 32.1. The molecule has 2 rings (SSSR count). The van der Waals surface area contributed by atoms with Crippen molar-refractivity contribution in [1.82, 2.24) is 4.98 Å². The molecular weight excluding hydrogens is 462 g/mol. The van der Waals surface area contributed by atoms with E-state index in [1.165, 1.54) is 5.38 Å². The molecule has 1 amide bonds. The van der Waals surface area contributed by atoms with Crippen LogP contribution < -0.4 is 5.32 Å². The van der Waals surface area contributed by atoms with Gasteiger partial charge in [0.25, 0.3) is 0 Å². The Morgan fingerprint density at radius 1 is 1.21 bits per heavy atom. The number of carbonyl (C=O) groups is 3. The van der Waals surface area contributed by atoms with E-state index in [9.17, 15) is 19.5 Å². The van der Waals surface area contributed by atoms with Crippen molar-refractivity contribution < 1.29 is 33.8 Å². The summed E-state index contributed by atoms with van der Waals surface area (Å²) in [6, 6.07) is 0. The number of nitrogens with one attached hydrogen (secondary N) is 1. The molecule has 1 aliphatic carbocycles. The molecule has 1 aliphatic rings. The lowest BCUT2D eigenvalue weighted by molar-refractivity contribution is -0.182. The largest absolute Gasteiger partial charge is 0.476 e. The first-order valence-electron chi connectivity index (χ1n) is 11.3. The van der Waals surface area contributed by atoms with Crippen LogP contribution in [0.5, 0.6) is 0 Å². The number of carboxylic acids is 1. The van der Waals surface area contributed by atoms with Crippen molar-refractivity contribution in [2.24, 2.45) is 16.5 Å². The molecule has 10 nitrogen and oxygen atoms in total. The van der Waals surface area contributed by atoms with E-state index >= 15 is 0 Å². The van der Waals surface area contributed by atoms with Gasteiger partial charge in [-0.05, 0) is 44.9 Å². The van der Waals surface area contributed by atoms with Crippen LogP contribution in [0.1, 0.15) is 79.8 Å². The van der Waals surface area contributed by atoms with Crippen LogP contribution in [0.4, 0.5) is 9.93 Å². The molecule has 2 N–H and O–H groups in total. The molecule has 1 heterocycles. The summed E-state index contributed by atoms with van der Waals surface area (Å²) in [6.45, 7) is 13.5. The van der Waals surface area contributed by atoms with Crippen molar-refractivity contribution in [2.45, 2.75) is 85.4 Å². The lowest BCUT2D eigenvalue weighted by Crippen LogP contribution is -2.47. The number of nitrogens with zero attached hydrogens (tertiary/aromatic N) is 2. The minimum atomic E-state index is -1.38. The van der Waals surface area contributed by atoms with E-state index in [-0.39, 0.29) is 28.8 Å². The topological polar surface area (TPSA) is 136 Å². The number of carboxylic acid groups (broad SMARTS) is 1. The van der Waals surface area contributed by atoms with Crippen LogP contribution in [0.25, 0.3) is 0 Å². The second kappa shape index (κ2) is 10.7. The highest BCUT2D eigenvalue weighted by molar-refractivity contribution is 7.14. The summed E-state index contributed by atoms with van der Waals surface area (Å²) in [5.74, 6) is -1.78. The number of aromatic nitrogens is 1. The van der Waals surface area contributed by atoms with E-state index in [1.54, 1.807) is 20.8 Å². The molecule has 0 atom stereocenters. The lowest BCUT2D eigenvalue weighted by atomic mass is 9.71. The van der Waals surface area contributed by atoms with Gasteiger partial charge in [0.2, 0.25) is 11.3 Å². The Morgan fingerprint density at radius 3 is 2.35 bits per heavy atom. The highest BCUT2D eigenvalue weighted by Crippen LogP contribution is 2.43.